The second-order valence-electron chi connectivity index (χ2n) is 7.53. The average Bonchev–Trinajstić information content (AvgIpc) is 2.45. The summed E-state index contributed by atoms with van der Waals surface area (Å²) < 4.78 is 5.97. The van der Waals surface area contributed by atoms with E-state index >= 15 is 0 Å². The van der Waals surface area contributed by atoms with Crippen molar-refractivity contribution >= 4 is 0 Å². The van der Waals surface area contributed by atoms with Crippen molar-refractivity contribution in [3.63, 3.8) is 0 Å². The van der Waals surface area contributed by atoms with Gasteiger partial charge in [-0.1, -0.05) is 53.7 Å². The highest BCUT2D eigenvalue weighted by Gasteiger charge is 2.11. The van der Waals surface area contributed by atoms with Crippen molar-refractivity contribution in [1.29, 1.82) is 0 Å². The summed E-state index contributed by atoms with van der Waals surface area (Å²) in [4.78, 5) is 0. The van der Waals surface area contributed by atoms with Gasteiger partial charge in [0.2, 0.25) is 0 Å². The normalized spacial score (nSPS) is 13.2. The lowest BCUT2D eigenvalue weighted by molar-refractivity contribution is 0.267. The zero-order chi connectivity index (χ0) is 16.7. The smallest absolute Gasteiger partial charge is 0.122 e. The Hall–Kier alpha value is -1.02. The van der Waals surface area contributed by atoms with E-state index < -0.39 is 0 Å². The summed E-state index contributed by atoms with van der Waals surface area (Å²) >= 11 is 0. The molecule has 0 spiro atoms. The summed E-state index contributed by atoms with van der Waals surface area (Å²) in [6, 6.07) is 7.00. The van der Waals surface area contributed by atoms with E-state index in [-0.39, 0.29) is 0 Å². The van der Waals surface area contributed by atoms with Crippen LogP contribution in [0.2, 0.25) is 0 Å². The summed E-state index contributed by atoms with van der Waals surface area (Å²) in [6.07, 6.45) is 3.36. The molecule has 1 unspecified atom stereocenters. The van der Waals surface area contributed by atoms with Gasteiger partial charge in [-0.15, -0.1) is 0 Å². The first-order chi connectivity index (χ1) is 10.3. The van der Waals surface area contributed by atoms with Crippen LogP contribution in [-0.2, 0) is 6.42 Å². The zero-order valence-electron chi connectivity index (χ0n) is 15.4. The van der Waals surface area contributed by atoms with Gasteiger partial charge in [-0.05, 0) is 54.2 Å². The quantitative estimate of drug-likeness (QED) is 0.684. The topological polar surface area (TPSA) is 35.2 Å². The molecule has 0 bridgehead atoms. The molecule has 0 heterocycles. The molecule has 0 amide bonds. The third kappa shape index (κ3) is 6.39. The SMILES string of the molecule is CC(C)COc1ccc(CCCC(N)C(C)C)cc1C(C)C. The van der Waals surface area contributed by atoms with Gasteiger partial charge >= 0.3 is 0 Å². The summed E-state index contributed by atoms with van der Waals surface area (Å²) in [5.41, 5.74) is 8.86. The predicted octanol–water partition coefficient (Wildman–Crippen LogP) is 5.15. The van der Waals surface area contributed by atoms with Crippen LogP contribution in [0.3, 0.4) is 0 Å². The first kappa shape index (κ1) is 19.0. The number of ether oxygens (including phenoxy) is 1. The van der Waals surface area contributed by atoms with Crippen LogP contribution in [-0.4, -0.2) is 12.6 Å². The van der Waals surface area contributed by atoms with E-state index in [2.05, 4.69) is 59.7 Å². The Morgan fingerprint density at radius 2 is 1.73 bits per heavy atom. The number of nitrogens with two attached hydrogens (primary N) is 1. The van der Waals surface area contributed by atoms with E-state index in [1.54, 1.807) is 0 Å². The monoisotopic (exact) mass is 305 g/mol. The van der Waals surface area contributed by atoms with E-state index in [4.69, 9.17) is 10.5 Å². The molecule has 0 aliphatic carbocycles. The van der Waals surface area contributed by atoms with Gasteiger partial charge in [-0.25, -0.2) is 0 Å². The fourth-order valence-corrected chi connectivity index (χ4v) is 2.47. The van der Waals surface area contributed by atoms with Crippen molar-refractivity contribution in [2.75, 3.05) is 6.61 Å². The Bertz CT molecular complexity index is 437. The molecule has 2 nitrogen and oxygen atoms in total. The molecule has 1 aromatic rings. The number of hydrogen-bond acceptors (Lipinski definition) is 2. The van der Waals surface area contributed by atoms with E-state index in [1.807, 2.05) is 0 Å². The molecule has 1 atom stereocenters. The summed E-state index contributed by atoms with van der Waals surface area (Å²) in [5, 5.41) is 0. The second kappa shape index (κ2) is 9.19. The molecule has 2 heteroatoms. The van der Waals surface area contributed by atoms with Crippen molar-refractivity contribution in [1.82, 2.24) is 0 Å². The predicted molar refractivity (Wildman–Crippen MR) is 96.6 cm³/mol. The Morgan fingerprint density at radius 1 is 1.05 bits per heavy atom. The van der Waals surface area contributed by atoms with Gasteiger partial charge in [0, 0.05) is 6.04 Å². The van der Waals surface area contributed by atoms with Gasteiger partial charge < -0.3 is 10.5 Å². The third-order valence-corrected chi connectivity index (χ3v) is 4.13. The first-order valence-electron chi connectivity index (χ1n) is 8.82. The molecule has 126 valence electrons. The fraction of sp³-hybridized carbons (Fsp3) is 0.700. The maximum Gasteiger partial charge on any atom is 0.122 e. The van der Waals surface area contributed by atoms with Gasteiger partial charge in [0.1, 0.15) is 5.75 Å². The number of aryl methyl sites for hydroxylation is 1. The van der Waals surface area contributed by atoms with Crippen molar-refractivity contribution in [3.8, 4) is 5.75 Å². The highest BCUT2D eigenvalue weighted by molar-refractivity contribution is 5.39. The minimum absolute atomic E-state index is 0.318. The van der Waals surface area contributed by atoms with Gasteiger partial charge in [-0.3, -0.25) is 0 Å². The van der Waals surface area contributed by atoms with E-state index in [0.29, 0.717) is 23.8 Å². The van der Waals surface area contributed by atoms with Crippen LogP contribution in [0.15, 0.2) is 18.2 Å². The Labute approximate surface area is 137 Å². The lowest BCUT2D eigenvalue weighted by Gasteiger charge is -2.18. The summed E-state index contributed by atoms with van der Waals surface area (Å²) in [7, 11) is 0. The Kier molecular flexibility index (Phi) is 7.95. The van der Waals surface area contributed by atoms with Crippen LogP contribution in [0, 0.1) is 11.8 Å². The van der Waals surface area contributed by atoms with Crippen LogP contribution < -0.4 is 10.5 Å². The van der Waals surface area contributed by atoms with Crippen LogP contribution in [0.1, 0.15) is 71.4 Å². The van der Waals surface area contributed by atoms with E-state index in [1.165, 1.54) is 11.1 Å². The second-order valence-corrected chi connectivity index (χ2v) is 7.53. The average molecular weight is 306 g/mol. The minimum Gasteiger partial charge on any atom is -0.493 e. The minimum atomic E-state index is 0.318. The molecule has 1 rings (SSSR count). The number of hydrogen-bond donors (Lipinski definition) is 1. The molecule has 0 aromatic heterocycles. The molecule has 0 fully saturated rings. The standard InChI is InChI=1S/C20H35NO/c1-14(2)13-22-20-11-10-17(12-18(20)15(3)4)8-7-9-19(21)16(5)6/h10-12,14-16,19H,7-9,13,21H2,1-6H3. The maximum absolute atomic E-state index is 6.13. The first-order valence-corrected chi connectivity index (χ1v) is 8.82. The lowest BCUT2D eigenvalue weighted by Crippen LogP contribution is -2.26. The van der Waals surface area contributed by atoms with Crippen LogP contribution in [0.25, 0.3) is 0 Å². The molecule has 0 aliphatic heterocycles. The van der Waals surface area contributed by atoms with Gasteiger partial charge in [0.05, 0.1) is 6.61 Å². The lowest BCUT2D eigenvalue weighted by atomic mass is 9.95. The van der Waals surface area contributed by atoms with Crippen LogP contribution in [0.4, 0.5) is 0 Å². The van der Waals surface area contributed by atoms with Crippen molar-refractivity contribution in [2.24, 2.45) is 17.6 Å². The summed E-state index contributed by atoms with van der Waals surface area (Å²) in [5.74, 6) is 2.65. The molecule has 2 N–H and O–H groups in total. The zero-order valence-corrected chi connectivity index (χ0v) is 15.4. The molecule has 0 radical (unpaired) electrons. The largest absolute Gasteiger partial charge is 0.493 e. The van der Waals surface area contributed by atoms with Crippen LogP contribution in [0.5, 0.6) is 5.75 Å². The highest BCUT2D eigenvalue weighted by atomic mass is 16.5. The van der Waals surface area contributed by atoms with Crippen molar-refractivity contribution in [2.45, 2.75) is 72.8 Å². The fourth-order valence-electron chi connectivity index (χ4n) is 2.47. The van der Waals surface area contributed by atoms with Gasteiger partial charge in [0.15, 0.2) is 0 Å². The molecule has 1 aromatic carbocycles. The Morgan fingerprint density at radius 3 is 2.27 bits per heavy atom. The number of benzene rings is 1. The van der Waals surface area contributed by atoms with E-state index in [0.717, 1.165) is 31.6 Å². The summed E-state index contributed by atoms with van der Waals surface area (Å²) in [6.45, 7) is 14.0. The third-order valence-electron chi connectivity index (χ3n) is 4.13. The molecule has 0 aliphatic rings. The van der Waals surface area contributed by atoms with E-state index in [9.17, 15) is 0 Å². The molecule has 0 saturated heterocycles. The van der Waals surface area contributed by atoms with Gasteiger partial charge in [-0.2, -0.15) is 0 Å². The van der Waals surface area contributed by atoms with Crippen molar-refractivity contribution in [3.05, 3.63) is 29.3 Å². The number of rotatable bonds is 9. The molecule has 22 heavy (non-hydrogen) atoms. The molecule has 0 saturated carbocycles. The molecular weight excluding hydrogens is 270 g/mol. The highest BCUT2D eigenvalue weighted by Crippen LogP contribution is 2.28. The molecular formula is C20H35NO. The van der Waals surface area contributed by atoms with Gasteiger partial charge in [0.25, 0.3) is 0 Å². The Balaban J connectivity index is 2.67. The maximum atomic E-state index is 6.13. The van der Waals surface area contributed by atoms with Crippen LogP contribution >= 0.6 is 0 Å². The van der Waals surface area contributed by atoms with Crippen molar-refractivity contribution < 1.29 is 4.74 Å².